The number of sulfonamides is 1. The largest absolute Gasteiger partial charge is 0.490 e. The summed E-state index contributed by atoms with van der Waals surface area (Å²) in [6.45, 7) is 4.38. The van der Waals surface area contributed by atoms with Crippen molar-refractivity contribution in [2.24, 2.45) is 5.92 Å². The second-order valence-electron chi connectivity index (χ2n) is 6.66. The van der Waals surface area contributed by atoms with Crippen LogP contribution in [0.4, 0.5) is 4.39 Å². The molecule has 1 fully saturated rings. The molecule has 1 aliphatic rings. The summed E-state index contributed by atoms with van der Waals surface area (Å²) in [6, 6.07) is 4.12. The summed E-state index contributed by atoms with van der Waals surface area (Å²) in [6.07, 6.45) is 5.97. The van der Waals surface area contributed by atoms with E-state index >= 15 is 0 Å². The van der Waals surface area contributed by atoms with Gasteiger partial charge in [-0.3, -0.25) is 0 Å². The minimum atomic E-state index is -3.33. The Balaban J connectivity index is 1.92. The lowest BCUT2D eigenvalue weighted by Crippen LogP contribution is -2.29. The molecular formula is C18H28FNO3S. The van der Waals surface area contributed by atoms with Gasteiger partial charge in [0, 0.05) is 6.04 Å². The first-order chi connectivity index (χ1) is 11.4. The standard InChI is InChI=1S/C18H28FNO3S/c1-3-4-5-6-11-24(21,22)20-14(2)16-9-10-17(19)18(12-16)23-13-15-7-8-15/h9-10,12,14-15,20H,3-8,11,13H2,1-2H3/t14-/m1/s1. The van der Waals surface area contributed by atoms with Gasteiger partial charge in [-0.1, -0.05) is 32.3 Å². The maximum absolute atomic E-state index is 13.8. The lowest BCUT2D eigenvalue weighted by Gasteiger charge is -2.16. The molecule has 1 saturated carbocycles. The zero-order chi connectivity index (χ0) is 17.6. The molecule has 0 radical (unpaired) electrons. The molecule has 0 heterocycles. The number of ether oxygens (including phenoxy) is 1. The maximum Gasteiger partial charge on any atom is 0.212 e. The number of halogens is 1. The van der Waals surface area contributed by atoms with E-state index in [2.05, 4.69) is 11.6 Å². The summed E-state index contributed by atoms with van der Waals surface area (Å²) < 4.78 is 46.3. The highest BCUT2D eigenvalue weighted by Crippen LogP contribution is 2.31. The van der Waals surface area contributed by atoms with Crippen LogP contribution < -0.4 is 9.46 Å². The fraction of sp³-hybridized carbons (Fsp3) is 0.667. The van der Waals surface area contributed by atoms with Crippen LogP contribution in [0.3, 0.4) is 0 Å². The summed E-state index contributed by atoms with van der Waals surface area (Å²) in [4.78, 5) is 0. The van der Waals surface area contributed by atoms with E-state index in [0.29, 0.717) is 24.5 Å². The van der Waals surface area contributed by atoms with Gasteiger partial charge in [0.2, 0.25) is 10.0 Å². The molecule has 0 bridgehead atoms. The third kappa shape index (κ3) is 6.40. The number of rotatable bonds is 11. The first kappa shape index (κ1) is 19.2. The maximum atomic E-state index is 13.8. The van der Waals surface area contributed by atoms with Crippen LogP contribution in [-0.2, 0) is 10.0 Å². The Hall–Kier alpha value is -1.14. The van der Waals surface area contributed by atoms with Crippen molar-refractivity contribution >= 4 is 10.0 Å². The van der Waals surface area contributed by atoms with Crippen molar-refractivity contribution in [1.29, 1.82) is 0 Å². The van der Waals surface area contributed by atoms with Gasteiger partial charge >= 0.3 is 0 Å². The van der Waals surface area contributed by atoms with Crippen molar-refractivity contribution in [3.63, 3.8) is 0 Å². The third-order valence-electron chi connectivity index (χ3n) is 4.25. The first-order valence-electron chi connectivity index (χ1n) is 8.83. The number of unbranched alkanes of at least 4 members (excludes halogenated alkanes) is 3. The van der Waals surface area contributed by atoms with E-state index in [4.69, 9.17) is 4.74 Å². The highest BCUT2D eigenvalue weighted by molar-refractivity contribution is 7.89. The highest BCUT2D eigenvalue weighted by Gasteiger charge is 2.23. The Bertz CT molecular complexity index is 629. The van der Waals surface area contributed by atoms with Crippen LogP contribution in [0.1, 0.15) is 64.0 Å². The SMILES string of the molecule is CCCCCCS(=O)(=O)N[C@H](C)c1ccc(F)c(OCC2CC2)c1. The molecule has 1 atom stereocenters. The minimum absolute atomic E-state index is 0.129. The summed E-state index contributed by atoms with van der Waals surface area (Å²) in [5.41, 5.74) is 0.708. The lowest BCUT2D eigenvalue weighted by molar-refractivity contribution is 0.285. The Labute approximate surface area is 144 Å². The van der Waals surface area contributed by atoms with E-state index in [1.807, 2.05) is 0 Å². The Kier molecular flexibility index (Phi) is 7.04. The summed E-state index contributed by atoms with van der Waals surface area (Å²) >= 11 is 0. The van der Waals surface area contributed by atoms with Gasteiger partial charge in [0.25, 0.3) is 0 Å². The molecular weight excluding hydrogens is 329 g/mol. The van der Waals surface area contributed by atoms with E-state index in [9.17, 15) is 12.8 Å². The van der Waals surface area contributed by atoms with Crippen molar-refractivity contribution in [1.82, 2.24) is 4.72 Å². The van der Waals surface area contributed by atoms with Crippen LogP contribution in [-0.4, -0.2) is 20.8 Å². The molecule has 6 heteroatoms. The Morgan fingerprint density at radius 1 is 1.29 bits per heavy atom. The van der Waals surface area contributed by atoms with Crippen LogP contribution in [0.15, 0.2) is 18.2 Å². The second-order valence-corrected chi connectivity index (χ2v) is 8.54. The molecule has 136 valence electrons. The zero-order valence-electron chi connectivity index (χ0n) is 14.6. The number of benzene rings is 1. The minimum Gasteiger partial charge on any atom is -0.490 e. The average molecular weight is 357 g/mol. The quantitative estimate of drug-likeness (QED) is 0.605. The normalized spacial score (nSPS) is 16.1. The van der Waals surface area contributed by atoms with E-state index in [-0.39, 0.29) is 11.5 Å². The van der Waals surface area contributed by atoms with Gasteiger partial charge in [-0.25, -0.2) is 17.5 Å². The molecule has 1 N–H and O–H groups in total. The van der Waals surface area contributed by atoms with Gasteiger partial charge in [0.15, 0.2) is 11.6 Å². The molecule has 0 saturated heterocycles. The Morgan fingerprint density at radius 3 is 2.71 bits per heavy atom. The van der Waals surface area contributed by atoms with Crippen molar-refractivity contribution in [2.45, 2.75) is 58.4 Å². The molecule has 2 rings (SSSR count). The van der Waals surface area contributed by atoms with Gasteiger partial charge in [-0.15, -0.1) is 0 Å². The predicted molar refractivity (Wildman–Crippen MR) is 94.1 cm³/mol. The second kappa shape index (κ2) is 8.81. The number of nitrogens with one attached hydrogen (secondary N) is 1. The van der Waals surface area contributed by atoms with E-state index in [1.54, 1.807) is 19.1 Å². The van der Waals surface area contributed by atoms with E-state index in [1.165, 1.54) is 6.07 Å². The van der Waals surface area contributed by atoms with Gasteiger partial charge in [-0.05, 0) is 49.8 Å². The summed E-state index contributed by atoms with van der Waals surface area (Å²) in [5, 5.41) is 0. The molecule has 4 nitrogen and oxygen atoms in total. The molecule has 0 spiro atoms. The van der Waals surface area contributed by atoms with Gasteiger partial charge in [0.1, 0.15) is 0 Å². The lowest BCUT2D eigenvalue weighted by atomic mass is 10.1. The monoisotopic (exact) mass is 357 g/mol. The molecule has 0 aliphatic heterocycles. The van der Waals surface area contributed by atoms with Crippen LogP contribution >= 0.6 is 0 Å². The van der Waals surface area contributed by atoms with Crippen LogP contribution in [0.25, 0.3) is 0 Å². The highest BCUT2D eigenvalue weighted by atomic mass is 32.2. The fourth-order valence-corrected chi connectivity index (χ4v) is 3.88. The summed E-state index contributed by atoms with van der Waals surface area (Å²) in [5.74, 6) is 0.457. The van der Waals surface area contributed by atoms with Crippen molar-refractivity contribution in [3.8, 4) is 5.75 Å². The molecule has 1 aromatic rings. The average Bonchev–Trinajstić information content (AvgIpc) is 3.34. The van der Waals surface area contributed by atoms with Crippen LogP contribution in [0.5, 0.6) is 5.75 Å². The van der Waals surface area contributed by atoms with Crippen molar-refractivity contribution < 1.29 is 17.5 Å². The zero-order valence-corrected chi connectivity index (χ0v) is 15.4. The van der Waals surface area contributed by atoms with Crippen LogP contribution in [0, 0.1) is 11.7 Å². The first-order valence-corrected chi connectivity index (χ1v) is 10.5. The summed E-state index contributed by atoms with van der Waals surface area (Å²) in [7, 11) is -3.33. The van der Waals surface area contributed by atoms with E-state index in [0.717, 1.165) is 32.1 Å². The fourth-order valence-electron chi connectivity index (χ4n) is 2.51. The van der Waals surface area contributed by atoms with Crippen LogP contribution in [0.2, 0.25) is 0 Å². The number of hydrogen-bond acceptors (Lipinski definition) is 3. The molecule has 0 aromatic heterocycles. The van der Waals surface area contributed by atoms with Gasteiger partial charge in [-0.2, -0.15) is 0 Å². The Morgan fingerprint density at radius 2 is 2.04 bits per heavy atom. The molecule has 1 aromatic carbocycles. The molecule has 0 amide bonds. The number of hydrogen-bond donors (Lipinski definition) is 1. The molecule has 24 heavy (non-hydrogen) atoms. The molecule has 0 unspecified atom stereocenters. The van der Waals surface area contributed by atoms with Gasteiger partial charge in [0.05, 0.1) is 12.4 Å². The predicted octanol–water partition coefficient (Wildman–Crippen LogP) is 4.18. The van der Waals surface area contributed by atoms with Gasteiger partial charge < -0.3 is 4.74 Å². The smallest absolute Gasteiger partial charge is 0.212 e. The van der Waals surface area contributed by atoms with Crippen molar-refractivity contribution in [3.05, 3.63) is 29.6 Å². The van der Waals surface area contributed by atoms with Crippen molar-refractivity contribution in [2.75, 3.05) is 12.4 Å². The topological polar surface area (TPSA) is 55.4 Å². The third-order valence-corrected chi connectivity index (χ3v) is 5.79. The van der Waals surface area contributed by atoms with E-state index < -0.39 is 21.9 Å². The molecule has 1 aliphatic carbocycles.